The second-order valence-electron chi connectivity index (χ2n) is 4.75. The van der Waals surface area contributed by atoms with Gasteiger partial charge in [-0.05, 0) is 30.5 Å². The second-order valence-corrected chi connectivity index (χ2v) is 5.66. The van der Waals surface area contributed by atoms with E-state index in [-0.39, 0.29) is 11.8 Å². The van der Waals surface area contributed by atoms with Crippen LogP contribution >= 0.6 is 15.9 Å². The molecule has 0 radical (unpaired) electrons. The number of halogens is 1. The van der Waals surface area contributed by atoms with Crippen LogP contribution in [0.15, 0.2) is 28.7 Å². The molecule has 1 unspecified atom stereocenters. The summed E-state index contributed by atoms with van der Waals surface area (Å²) in [6, 6.07) is 7.58. The minimum atomic E-state index is -0.416. The number of nitrogens with zero attached hydrogens (tertiary/aromatic N) is 1. The predicted octanol–water partition coefficient (Wildman–Crippen LogP) is 2.78. The smallest absolute Gasteiger partial charge is 0.240 e. The van der Waals surface area contributed by atoms with Crippen molar-refractivity contribution in [1.29, 1.82) is 0 Å². The number of amides is 1. The van der Waals surface area contributed by atoms with Crippen LogP contribution in [-0.2, 0) is 11.3 Å². The number of likely N-dealkylation sites (N-methyl/N-ethyl adjacent to an activating group) is 1. The van der Waals surface area contributed by atoms with E-state index in [4.69, 9.17) is 5.73 Å². The van der Waals surface area contributed by atoms with Crippen LogP contribution < -0.4 is 5.73 Å². The Balaban J connectivity index is 2.72. The van der Waals surface area contributed by atoms with Gasteiger partial charge >= 0.3 is 0 Å². The SMILES string of the molecule is CCN(Cc1ccc(Br)cc1)C(=O)C(N)C(C)C. The number of hydrogen-bond donors (Lipinski definition) is 1. The predicted molar refractivity (Wildman–Crippen MR) is 78.0 cm³/mol. The van der Waals surface area contributed by atoms with Crippen LogP contribution in [0.25, 0.3) is 0 Å². The fourth-order valence-corrected chi connectivity index (χ4v) is 1.92. The molecule has 4 heteroatoms. The van der Waals surface area contributed by atoms with E-state index in [0.29, 0.717) is 13.1 Å². The summed E-state index contributed by atoms with van der Waals surface area (Å²) in [5.74, 6) is 0.187. The molecule has 0 spiro atoms. The molecule has 0 heterocycles. The third kappa shape index (κ3) is 4.10. The van der Waals surface area contributed by atoms with Crippen molar-refractivity contribution in [3.8, 4) is 0 Å². The van der Waals surface area contributed by atoms with E-state index in [0.717, 1.165) is 10.0 Å². The van der Waals surface area contributed by atoms with Crippen molar-refractivity contribution in [1.82, 2.24) is 4.90 Å². The normalized spacial score (nSPS) is 12.6. The molecule has 2 N–H and O–H groups in total. The van der Waals surface area contributed by atoms with Gasteiger partial charge in [-0.25, -0.2) is 0 Å². The van der Waals surface area contributed by atoms with Crippen molar-refractivity contribution in [3.05, 3.63) is 34.3 Å². The Bertz CT molecular complexity index is 389. The molecule has 1 rings (SSSR count). The molecule has 0 aliphatic rings. The molecule has 1 amide bonds. The summed E-state index contributed by atoms with van der Waals surface area (Å²) >= 11 is 3.40. The molecule has 0 bridgehead atoms. The minimum absolute atomic E-state index is 0.0235. The van der Waals surface area contributed by atoms with Crippen molar-refractivity contribution in [2.75, 3.05) is 6.54 Å². The quantitative estimate of drug-likeness (QED) is 0.908. The van der Waals surface area contributed by atoms with Gasteiger partial charge in [-0.15, -0.1) is 0 Å². The number of carbonyl (C=O) groups is 1. The van der Waals surface area contributed by atoms with Gasteiger partial charge in [-0.3, -0.25) is 4.79 Å². The van der Waals surface area contributed by atoms with E-state index in [1.54, 1.807) is 4.90 Å². The van der Waals surface area contributed by atoms with Crippen LogP contribution in [0.1, 0.15) is 26.3 Å². The van der Waals surface area contributed by atoms with E-state index in [2.05, 4.69) is 15.9 Å². The van der Waals surface area contributed by atoms with Gasteiger partial charge in [0.2, 0.25) is 5.91 Å². The lowest BCUT2D eigenvalue weighted by molar-refractivity contribution is -0.134. The van der Waals surface area contributed by atoms with E-state index < -0.39 is 6.04 Å². The van der Waals surface area contributed by atoms with Crippen molar-refractivity contribution in [3.63, 3.8) is 0 Å². The monoisotopic (exact) mass is 312 g/mol. The lowest BCUT2D eigenvalue weighted by Crippen LogP contribution is -2.46. The molecule has 1 aromatic rings. The van der Waals surface area contributed by atoms with E-state index in [1.807, 2.05) is 45.0 Å². The maximum Gasteiger partial charge on any atom is 0.240 e. The van der Waals surface area contributed by atoms with E-state index >= 15 is 0 Å². The highest BCUT2D eigenvalue weighted by molar-refractivity contribution is 9.10. The van der Waals surface area contributed by atoms with Gasteiger partial charge in [0.15, 0.2) is 0 Å². The van der Waals surface area contributed by atoms with Gasteiger partial charge in [0.05, 0.1) is 6.04 Å². The largest absolute Gasteiger partial charge is 0.337 e. The second kappa shape index (κ2) is 6.90. The van der Waals surface area contributed by atoms with Crippen LogP contribution in [0.4, 0.5) is 0 Å². The molecule has 0 saturated heterocycles. The van der Waals surface area contributed by atoms with Crippen LogP contribution in [0, 0.1) is 5.92 Å². The highest BCUT2D eigenvalue weighted by atomic mass is 79.9. The van der Waals surface area contributed by atoms with Gasteiger partial charge in [-0.2, -0.15) is 0 Å². The van der Waals surface area contributed by atoms with E-state index in [9.17, 15) is 4.79 Å². The van der Waals surface area contributed by atoms with E-state index in [1.165, 1.54) is 0 Å². The third-order valence-electron chi connectivity index (χ3n) is 2.98. The van der Waals surface area contributed by atoms with Crippen LogP contribution in [0.2, 0.25) is 0 Å². The summed E-state index contributed by atoms with van der Waals surface area (Å²) in [6.07, 6.45) is 0. The first-order valence-electron chi connectivity index (χ1n) is 6.24. The number of hydrogen-bond acceptors (Lipinski definition) is 2. The van der Waals surface area contributed by atoms with Crippen LogP contribution in [0.5, 0.6) is 0 Å². The Morgan fingerprint density at radius 3 is 2.33 bits per heavy atom. The Hall–Kier alpha value is -0.870. The summed E-state index contributed by atoms with van der Waals surface area (Å²) in [4.78, 5) is 14.0. The molecule has 1 atom stereocenters. The Morgan fingerprint density at radius 2 is 1.89 bits per heavy atom. The first kappa shape index (κ1) is 15.2. The molecular weight excluding hydrogens is 292 g/mol. The Labute approximate surface area is 117 Å². The average Bonchev–Trinajstić information content (AvgIpc) is 2.36. The van der Waals surface area contributed by atoms with Crippen LogP contribution in [0.3, 0.4) is 0 Å². The molecule has 0 aromatic heterocycles. The number of benzene rings is 1. The standard InChI is InChI=1S/C14H21BrN2O/c1-4-17(14(18)13(16)10(2)3)9-11-5-7-12(15)8-6-11/h5-8,10,13H,4,9,16H2,1-3H3. The fraction of sp³-hybridized carbons (Fsp3) is 0.500. The molecule has 0 fully saturated rings. The van der Waals surface area contributed by atoms with Gasteiger partial charge in [-0.1, -0.05) is 41.9 Å². The van der Waals surface area contributed by atoms with Crippen molar-refractivity contribution < 1.29 is 4.79 Å². The molecule has 3 nitrogen and oxygen atoms in total. The van der Waals surface area contributed by atoms with Gasteiger partial charge in [0, 0.05) is 17.6 Å². The summed E-state index contributed by atoms with van der Waals surface area (Å²) in [5, 5.41) is 0. The fourth-order valence-electron chi connectivity index (χ4n) is 1.65. The average molecular weight is 313 g/mol. The summed E-state index contributed by atoms with van der Waals surface area (Å²) in [7, 11) is 0. The van der Waals surface area contributed by atoms with Gasteiger partial charge in [0.25, 0.3) is 0 Å². The minimum Gasteiger partial charge on any atom is -0.337 e. The molecule has 0 saturated carbocycles. The highest BCUT2D eigenvalue weighted by Gasteiger charge is 2.22. The number of carbonyl (C=O) groups excluding carboxylic acids is 1. The summed E-state index contributed by atoms with van der Waals surface area (Å²) in [6.45, 7) is 7.20. The molecule has 100 valence electrons. The third-order valence-corrected chi connectivity index (χ3v) is 3.51. The molecule has 18 heavy (non-hydrogen) atoms. The zero-order chi connectivity index (χ0) is 13.7. The molecule has 1 aromatic carbocycles. The lowest BCUT2D eigenvalue weighted by atomic mass is 10.0. The van der Waals surface area contributed by atoms with Crippen molar-refractivity contribution >= 4 is 21.8 Å². The maximum atomic E-state index is 12.2. The molecular formula is C14H21BrN2O. The van der Waals surface area contributed by atoms with Crippen molar-refractivity contribution in [2.45, 2.75) is 33.4 Å². The zero-order valence-corrected chi connectivity index (χ0v) is 12.8. The van der Waals surface area contributed by atoms with Crippen LogP contribution in [-0.4, -0.2) is 23.4 Å². The molecule has 0 aliphatic carbocycles. The Kier molecular flexibility index (Phi) is 5.82. The number of rotatable bonds is 5. The Morgan fingerprint density at radius 1 is 1.33 bits per heavy atom. The first-order valence-corrected chi connectivity index (χ1v) is 7.03. The maximum absolute atomic E-state index is 12.2. The summed E-state index contributed by atoms with van der Waals surface area (Å²) < 4.78 is 1.04. The summed E-state index contributed by atoms with van der Waals surface area (Å²) in [5.41, 5.74) is 7.03. The highest BCUT2D eigenvalue weighted by Crippen LogP contribution is 2.13. The van der Waals surface area contributed by atoms with Gasteiger partial charge in [0.1, 0.15) is 0 Å². The zero-order valence-electron chi connectivity index (χ0n) is 11.2. The van der Waals surface area contributed by atoms with Crippen molar-refractivity contribution in [2.24, 2.45) is 11.7 Å². The topological polar surface area (TPSA) is 46.3 Å². The van der Waals surface area contributed by atoms with Gasteiger partial charge < -0.3 is 10.6 Å². The first-order chi connectivity index (χ1) is 8.45. The lowest BCUT2D eigenvalue weighted by Gasteiger charge is -2.26. The number of nitrogens with two attached hydrogens (primary N) is 1. The molecule has 0 aliphatic heterocycles.